The van der Waals surface area contributed by atoms with Gasteiger partial charge in [-0.1, -0.05) is 25.1 Å². The number of para-hydroxylation sites is 1. The number of aromatic nitrogens is 3. The number of anilines is 2. The van der Waals surface area contributed by atoms with E-state index in [4.69, 9.17) is 0 Å². The van der Waals surface area contributed by atoms with E-state index in [2.05, 4.69) is 27.2 Å². The lowest BCUT2D eigenvalue weighted by molar-refractivity contribution is 0.102. The maximum absolute atomic E-state index is 13.2. The average Bonchev–Trinajstić information content (AvgIpc) is 3.20. The van der Waals surface area contributed by atoms with E-state index in [-0.39, 0.29) is 5.91 Å². The number of piperidine rings is 1. The van der Waals surface area contributed by atoms with E-state index in [0.717, 1.165) is 55.0 Å². The number of benzene rings is 1. The molecular weight excluding hydrogens is 364 g/mol. The minimum absolute atomic E-state index is 0.139. The van der Waals surface area contributed by atoms with Gasteiger partial charge in [0, 0.05) is 38.6 Å². The molecule has 0 atom stereocenters. The predicted octanol–water partition coefficient (Wildman–Crippen LogP) is 3.41. The Morgan fingerprint density at radius 1 is 1.21 bits per heavy atom. The van der Waals surface area contributed by atoms with Crippen molar-refractivity contribution in [2.45, 2.75) is 25.8 Å². The normalized spacial score (nSPS) is 15.6. The third-order valence-electron chi connectivity index (χ3n) is 5.67. The molecule has 3 aromatic rings. The fourth-order valence-electron chi connectivity index (χ4n) is 3.95. The smallest absolute Gasteiger partial charge is 0.257 e. The van der Waals surface area contributed by atoms with Gasteiger partial charge in [-0.3, -0.25) is 4.79 Å². The van der Waals surface area contributed by atoms with Crippen molar-refractivity contribution in [3.8, 4) is 0 Å². The first-order chi connectivity index (χ1) is 14.1. The van der Waals surface area contributed by atoms with Crippen LogP contribution in [0.5, 0.6) is 0 Å². The number of pyridine rings is 1. The van der Waals surface area contributed by atoms with E-state index < -0.39 is 0 Å². The zero-order valence-corrected chi connectivity index (χ0v) is 17.3. The van der Waals surface area contributed by atoms with Crippen LogP contribution in [0.3, 0.4) is 0 Å². The molecule has 0 bridgehead atoms. The number of fused-ring (bicyclic) bond motifs is 1. The monoisotopic (exact) mass is 392 g/mol. The molecule has 0 saturated carbocycles. The number of likely N-dealkylation sites (tertiary alicyclic amines) is 1. The van der Waals surface area contributed by atoms with Crippen LogP contribution in [-0.4, -0.2) is 59.3 Å². The third-order valence-corrected chi connectivity index (χ3v) is 5.67. The van der Waals surface area contributed by atoms with Gasteiger partial charge < -0.3 is 15.1 Å². The molecule has 29 heavy (non-hydrogen) atoms. The molecule has 1 amide bonds. The lowest BCUT2D eigenvalue weighted by atomic mass is 10.1. The minimum Gasteiger partial charge on any atom is -0.363 e. The van der Waals surface area contributed by atoms with Gasteiger partial charge in [-0.05, 0) is 31.5 Å². The van der Waals surface area contributed by atoms with Gasteiger partial charge in [0.15, 0.2) is 0 Å². The van der Waals surface area contributed by atoms with Crippen molar-refractivity contribution < 1.29 is 4.79 Å². The van der Waals surface area contributed by atoms with Crippen LogP contribution in [0, 0.1) is 0 Å². The molecule has 1 N–H and O–H groups in total. The van der Waals surface area contributed by atoms with Crippen LogP contribution < -0.4 is 10.2 Å². The minimum atomic E-state index is -0.139. The zero-order chi connectivity index (χ0) is 20.4. The number of carbonyl (C=O) groups excluding carboxylic acids is 1. The van der Waals surface area contributed by atoms with Crippen molar-refractivity contribution in [2.75, 3.05) is 43.9 Å². The summed E-state index contributed by atoms with van der Waals surface area (Å²) in [5.41, 5.74) is 1.43. The predicted molar refractivity (Wildman–Crippen MR) is 117 cm³/mol. The van der Waals surface area contributed by atoms with Gasteiger partial charge in [-0.2, -0.15) is 5.10 Å². The molecule has 7 nitrogen and oxygen atoms in total. The number of amides is 1. The number of hydrogen-bond acceptors (Lipinski definition) is 5. The van der Waals surface area contributed by atoms with Crippen LogP contribution in [0.25, 0.3) is 10.9 Å². The summed E-state index contributed by atoms with van der Waals surface area (Å²) in [4.78, 5) is 22.2. The van der Waals surface area contributed by atoms with Crippen molar-refractivity contribution in [1.82, 2.24) is 19.7 Å². The Balaban J connectivity index is 1.61. The van der Waals surface area contributed by atoms with Crippen LogP contribution >= 0.6 is 0 Å². The first-order valence-corrected chi connectivity index (χ1v) is 10.2. The maximum Gasteiger partial charge on any atom is 0.257 e. The Kier molecular flexibility index (Phi) is 5.49. The number of rotatable bonds is 5. The molecule has 7 heteroatoms. The number of nitrogens with one attached hydrogen (secondary N) is 1. The van der Waals surface area contributed by atoms with E-state index in [1.54, 1.807) is 6.20 Å². The highest BCUT2D eigenvalue weighted by Crippen LogP contribution is 2.27. The molecule has 1 aliphatic heterocycles. The van der Waals surface area contributed by atoms with Crippen LogP contribution in [0.1, 0.15) is 36.2 Å². The Morgan fingerprint density at radius 2 is 1.97 bits per heavy atom. The molecule has 0 aliphatic carbocycles. The lowest BCUT2D eigenvalue weighted by Gasteiger charge is -2.31. The second-order valence-corrected chi connectivity index (χ2v) is 7.72. The van der Waals surface area contributed by atoms with Crippen molar-refractivity contribution in [3.63, 3.8) is 0 Å². The molecule has 4 rings (SSSR count). The summed E-state index contributed by atoms with van der Waals surface area (Å²) in [5.74, 6) is 1.37. The molecule has 1 aliphatic rings. The highest BCUT2D eigenvalue weighted by molar-refractivity contribution is 6.12. The Hall–Kier alpha value is -2.93. The number of carbonyl (C=O) groups is 1. The molecule has 0 spiro atoms. The van der Waals surface area contributed by atoms with Crippen LogP contribution in [-0.2, 0) is 0 Å². The fourth-order valence-corrected chi connectivity index (χ4v) is 3.95. The van der Waals surface area contributed by atoms with Crippen molar-refractivity contribution in [1.29, 1.82) is 0 Å². The Labute approximate surface area is 171 Å². The molecule has 3 heterocycles. The first-order valence-electron chi connectivity index (χ1n) is 10.2. The first kappa shape index (κ1) is 19.4. The molecule has 1 fully saturated rings. The molecule has 1 aromatic carbocycles. The summed E-state index contributed by atoms with van der Waals surface area (Å²) in [6, 6.07) is 11.8. The lowest BCUT2D eigenvalue weighted by Crippen LogP contribution is -2.35. The topological polar surface area (TPSA) is 66.3 Å². The van der Waals surface area contributed by atoms with Crippen molar-refractivity contribution in [2.24, 2.45) is 0 Å². The molecule has 1 saturated heterocycles. The van der Waals surface area contributed by atoms with E-state index in [0.29, 0.717) is 11.6 Å². The van der Waals surface area contributed by atoms with Gasteiger partial charge in [-0.25, -0.2) is 9.67 Å². The van der Waals surface area contributed by atoms with Crippen LogP contribution in [0.2, 0.25) is 0 Å². The number of hydrogen-bond donors (Lipinski definition) is 1. The third kappa shape index (κ3) is 3.96. The molecule has 0 radical (unpaired) electrons. The second kappa shape index (κ2) is 8.21. The summed E-state index contributed by atoms with van der Waals surface area (Å²) >= 11 is 0. The summed E-state index contributed by atoms with van der Waals surface area (Å²) < 4.78 is 1.97. The Morgan fingerprint density at radius 3 is 2.69 bits per heavy atom. The number of nitrogens with zero attached hydrogens (tertiary/aromatic N) is 5. The highest BCUT2D eigenvalue weighted by atomic mass is 16.1. The average molecular weight is 393 g/mol. The van der Waals surface area contributed by atoms with Crippen LogP contribution in [0.15, 0.2) is 42.6 Å². The van der Waals surface area contributed by atoms with E-state index in [9.17, 15) is 4.79 Å². The maximum atomic E-state index is 13.2. The fraction of sp³-hybridized carbons (Fsp3) is 0.409. The van der Waals surface area contributed by atoms with Gasteiger partial charge in [-0.15, -0.1) is 0 Å². The SMILES string of the molecule is CCN1CCC(n2nccc2NC(=O)c2cc(N(C)C)nc3ccccc23)CC1. The molecule has 0 unspecified atom stereocenters. The molecular formula is C22H28N6O. The summed E-state index contributed by atoms with van der Waals surface area (Å²) in [7, 11) is 3.85. The van der Waals surface area contributed by atoms with Crippen LogP contribution in [0.4, 0.5) is 11.6 Å². The van der Waals surface area contributed by atoms with Crippen molar-refractivity contribution in [3.05, 3.63) is 48.2 Å². The summed E-state index contributed by atoms with van der Waals surface area (Å²) in [6.07, 6.45) is 3.85. The summed E-state index contributed by atoms with van der Waals surface area (Å²) in [5, 5.41) is 8.44. The Bertz CT molecular complexity index is 1000. The van der Waals surface area contributed by atoms with Gasteiger partial charge in [0.05, 0.1) is 23.3 Å². The quantitative estimate of drug-likeness (QED) is 0.721. The van der Waals surface area contributed by atoms with E-state index in [1.165, 1.54) is 0 Å². The van der Waals surface area contributed by atoms with Gasteiger partial charge in [0.25, 0.3) is 5.91 Å². The second-order valence-electron chi connectivity index (χ2n) is 7.72. The zero-order valence-electron chi connectivity index (χ0n) is 17.3. The standard InChI is InChI=1S/C22H28N6O/c1-4-27-13-10-16(11-14-27)28-20(9-12-23-28)25-22(29)18-15-21(26(2)3)24-19-8-6-5-7-17(18)19/h5-9,12,15-16H,4,10-11,13-14H2,1-3H3,(H,25,29). The van der Waals surface area contributed by atoms with Gasteiger partial charge >= 0.3 is 0 Å². The highest BCUT2D eigenvalue weighted by Gasteiger charge is 2.23. The largest absolute Gasteiger partial charge is 0.363 e. The van der Waals surface area contributed by atoms with Gasteiger partial charge in [0.1, 0.15) is 11.6 Å². The molecule has 2 aromatic heterocycles. The van der Waals surface area contributed by atoms with E-state index >= 15 is 0 Å². The van der Waals surface area contributed by atoms with Crippen molar-refractivity contribution >= 4 is 28.4 Å². The summed E-state index contributed by atoms with van der Waals surface area (Å²) in [6.45, 7) is 5.41. The molecule has 152 valence electrons. The van der Waals surface area contributed by atoms with Gasteiger partial charge in [0.2, 0.25) is 0 Å². The van der Waals surface area contributed by atoms with E-state index in [1.807, 2.05) is 60.1 Å².